The van der Waals surface area contributed by atoms with Crippen molar-refractivity contribution in [2.75, 3.05) is 4.72 Å². The normalized spacial score (nSPS) is 11.4. The number of anilines is 1. The summed E-state index contributed by atoms with van der Waals surface area (Å²) in [7, 11) is -3.74. The molecule has 0 bridgehead atoms. The van der Waals surface area contributed by atoms with Crippen LogP contribution in [-0.2, 0) is 10.0 Å². The van der Waals surface area contributed by atoms with Crippen LogP contribution in [0.5, 0.6) is 0 Å². The highest BCUT2D eigenvalue weighted by molar-refractivity contribution is 7.92. The Bertz CT molecular complexity index is 619. The average Bonchev–Trinajstić information content (AvgIpc) is 2.64. The van der Waals surface area contributed by atoms with Gasteiger partial charge in [0.15, 0.2) is 5.76 Å². The molecule has 17 heavy (non-hydrogen) atoms. The van der Waals surface area contributed by atoms with E-state index in [4.69, 9.17) is 4.52 Å². The quantitative estimate of drug-likeness (QED) is 0.910. The first kappa shape index (κ1) is 11.6. The zero-order valence-electron chi connectivity index (χ0n) is 8.84. The highest BCUT2D eigenvalue weighted by Gasteiger charge is 2.16. The van der Waals surface area contributed by atoms with Crippen molar-refractivity contribution in [1.82, 2.24) is 5.16 Å². The number of aryl methyl sites for hydroxylation is 1. The minimum atomic E-state index is -3.74. The molecule has 0 atom stereocenters. The van der Waals surface area contributed by atoms with Crippen LogP contribution in [0.3, 0.4) is 0 Å². The molecule has 0 aliphatic heterocycles. The molecule has 0 unspecified atom stereocenters. The predicted molar refractivity (Wildman–Crippen MR) is 58.4 cm³/mol. The third-order valence-corrected chi connectivity index (χ3v) is 3.50. The van der Waals surface area contributed by atoms with Crippen molar-refractivity contribution < 1.29 is 17.3 Å². The van der Waals surface area contributed by atoms with E-state index in [9.17, 15) is 12.8 Å². The van der Waals surface area contributed by atoms with Gasteiger partial charge in [0.05, 0.1) is 11.1 Å². The van der Waals surface area contributed by atoms with E-state index < -0.39 is 15.8 Å². The van der Waals surface area contributed by atoms with Crippen LogP contribution in [-0.4, -0.2) is 13.6 Å². The molecule has 0 fully saturated rings. The number of halogens is 1. The molecule has 5 nitrogen and oxygen atoms in total. The molecule has 1 heterocycles. The molecule has 90 valence electrons. The number of hydrogen-bond donors (Lipinski definition) is 1. The average molecular weight is 256 g/mol. The Morgan fingerprint density at radius 3 is 2.47 bits per heavy atom. The summed E-state index contributed by atoms with van der Waals surface area (Å²) in [5.74, 6) is -0.138. The van der Waals surface area contributed by atoms with E-state index >= 15 is 0 Å². The fourth-order valence-electron chi connectivity index (χ4n) is 1.21. The summed E-state index contributed by atoms with van der Waals surface area (Å²) in [4.78, 5) is -0.0282. The summed E-state index contributed by atoms with van der Waals surface area (Å²) in [6, 6.07) is 4.52. The zero-order chi connectivity index (χ0) is 12.5. The minimum Gasteiger partial charge on any atom is -0.359 e. The van der Waals surface area contributed by atoms with Gasteiger partial charge < -0.3 is 4.52 Å². The lowest BCUT2D eigenvalue weighted by molar-refractivity contribution is 0.398. The van der Waals surface area contributed by atoms with Gasteiger partial charge in [0.25, 0.3) is 10.0 Å². The van der Waals surface area contributed by atoms with E-state index in [-0.39, 0.29) is 10.6 Å². The molecule has 2 rings (SSSR count). The maximum absolute atomic E-state index is 12.7. The number of rotatable bonds is 3. The monoisotopic (exact) mass is 256 g/mol. The smallest absolute Gasteiger partial charge is 0.262 e. The molecule has 0 saturated carbocycles. The van der Waals surface area contributed by atoms with Gasteiger partial charge >= 0.3 is 0 Å². The Hall–Kier alpha value is -1.89. The Labute approximate surface area is 97.3 Å². The number of aromatic nitrogens is 1. The summed E-state index contributed by atoms with van der Waals surface area (Å²) < 4.78 is 43.4. The van der Waals surface area contributed by atoms with Crippen molar-refractivity contribution in [2.45, 2.75) is 11.8 Å². The lowest BCUT2D eigenvalue weighted by atomic mass is 10.4. The standard InChI is InChI=1S/C10H9FN2O3S/c1-7-10(6-12-16-7)13-17(14,15)9-4-2-8(11)3-5-9/h2-6,13H,1H3. The van der Waals surface area contributed by atoms with Crippen LogP contribution in [0.25, 0.3) is 0 Å². The molecule has 0 spiro atoms. The van der Waals surface area contributed by atoms with Crippen LogP contribution in [0.2, 0.25) is 0 Å². The fourth-order valence-corrected chi connectivity index (χ4v) is 2.31. The van der Waals surface area contributed by atoms with Crippen LogP contribution in [0.1, 0.15) is 5.76 Å². The zero-order valence-corrected chi connectivity index (χ0v) is 9.66. The molecular formula is C10H9FN2O3S. The van der Waals surface area contributed by atoms with Crippen molar-refractivity contribution >= 4 is 15.7 Å². The van der Waals surface area contributed by atoms with Crippen LogP contribution in [0, 0.1) is 12.7 Å². The van der Waals surface area contributed by atoms with Crippen molar-refractivity contribution in [3.63, 3.8) is 0 Å². The lowest BCUT2D eigenvalue weighted by Gasteiger charge is -2.05. The molecule has 1 aromatic carbocycles. The van der Waals surface area contributed by atoms with Gasteiger partial charge in [-0.3, -0.25) is 4.72 Å². The number of nitrogens with one attached hydrogen (secondary N) is 1. The summed E-state index contributed by atoms with van der Waals surface area (Å²) in [6.45, 7) is 1.58. The van der Waals surface area contributed by atoms with Gasteiger partial charge in [-0.25, -0.2) is 12.8 Å². The van der Waals surface area contributed by atoms with Crippen molar-refractivity contribution in [3.05, 3.63) is 42.0 Å². The second-order valence-corrected chi connectivity index (χ2v) is 5.04. The molecule has 0 aliphatic rings. The van der Waals surface area contributed by atoms with Crippen molar-refractivity contribution in [3.8, 4) is 0 Å². The Kier molecular flexibility index (Phi) is 2.84. The molecule has 0 saturated heterocycles. The maximum atomic E-state index is 12.7. The summed E-state index contributed by atoms with van der Waals surface area (Å²) >= 11 is 0. The van der Waals surface area contributed by atoms with Crippen LogP contribution >= 0.6 is 0 Å². The van der Waals surface area contributed by atoms with Gasteiger partial charge in [-0.1, -0.05) is 5.16 Å². The van der Waals surface area contributed by atoms with Crippen molar-refractivity contribution in [2.24, 2.45) is 0 Å². The lowest BCUT2D eigenvalue weighted by Crippen LogP contribution is -2.13. The molecule has 0 aliphatic carbocycles. The SMILES string of the molecule is Cc1oncc1NS(=O)(=O)c1ccc(F)cc1. The van der Waals surface area contributed by atoms with Crippen molar-refractivity contribution in [1.29, 1.82) is 0 Å². The van der Waals surface area contributed by atoms with Gasteiger partial charge in [0.2, 0.25) is 0 Å². The van der Waals surface area contributed by atoms with E-state index in [1.54, 1.807) is 6.92 Å². The van der Waals surface area contributed by atoms with Gasteiger partial charge in [-0.15, -0.1) is 0 Å². The second-order valence-electron chi connectivity index (χ2n) is 3.36. The number of sulfonamides is 1. The Balaban J connectivity index is 2.31. The third-order valence-electron chi connectivity index (χ3n) is 2.12. The Morgan fingerprint density at radius 1 is 1.29 bits per heavy atom. The molecular weight excluding hydrogens is 247 g/mol. The first-order chi connectivity index (χ1) is 7.99. The molecule has 0 amide bonds. The topological polar surface area (TPSA) is 72.2 Å². The maximum Gasteiger partial charge on any atom is 0.262 e. The first-order valence-electron chi connectivity index (χ1n) is 4.69. The van der Waals surface area contributed by atoms with E-state index in [1.165, 1.54) is 18.3 Å². The number of benzene rings is 1. The van der Waals surface area contributed by atoms with E-state index in [0.29, 0.717) is 5.76 Å². The van der Waals surface area contributed by atoms with Crippen LogP contribution < -0.4 is 4.72 Å². The van der Waals surface area contributed by atoms with Gasteiger partial charge in [-0.05, 0) is 31.2 Å². The second kappa shape index (κ2) is 4.17. The minimum absolute atomic E-state index is 0.0282. The predicted octanol–water partition coefficient (Wildman–Crippen LogP) is 1.92. The fraction of sp³-hybridized carbons (Fsp3) is 0.100. The number of nitrogens with zero attached hydrogens (tertiary/aromatic N) is 1. The summed E-state index contributed by atoms with van der Waals surface area (Å²) in [5, 5.41) is 3.45. The Morgan fingerprint density at radius 2 is 1.94 bits per heavy atom. The van der Waals surface area contributed by atoms with Crippen LogP contribution in [0.4, 0.5) is 10.1 Å². The summed E-state index contributed by atoms with van der Waals surface area (Å²) in [5.41, 5.74) is 0.259. The van der Waals surface area contributed by atoms with Gasteiger partial charge in [0, 0.05) is 0 Å². The highest BCUT2D eigenvalue weighted by Crippen LogP contribution is 2.18. The summed E-state index contributed by atoms with van der Waals surface area (Å²) in [6.07, 6.45) is 1.26. The van der Waals surface area contributed by atoms with Gasteiger partial charge in [0.1, 0.15) is 11.5 Å². The molecule has 0 radical (unpaired) electrons. The molecule has 7 heteroatoms. The molecule has 1 N–H and O–H groups in total. The third kappa shape index (κ3) is 2.44. The van der Waals surface area contributed by atoms with Crippen LogP contribution in [0.15, 0.2) is 39.9 Å². The largest absolute Gasteiger partial charge is 0.359 e. The first-order valence-corrected chi connectivity index (χ1v) is 6.17. The molecule has 1 aromatic heterocycles. The molecule has 2 aromatic rings. The van der Waals surface area contributed by atoms with E-state index in [0.717, 1.165) is 12.1 Å². The number of hydrogen-bond acceptors (Lipinski definition) is 4. The highest BCUT2D eigenvalue weighted by atomic mass is 32.2. The van der Waals surface area contributed by atoms with E-state index in [2.05, 4.69) is 9.88 Å². The van der Waals surface area contributed by atoms with Gasteiger partial charge in [-0.2, -0.15) is 0 Å². The van der Waals surface area contributed by atoms with E-state index in [1.807, 2.05) is 0 Å².